The van der Waals surface area contributed by atoms with Crippen LogP contribution in [-0.4, -0.2) is 22.0 Å². The Morgan fingerprint density at radius 1 is 1.15 bits per heavy atom. The van der Waals surface area contributed by atoms with E-state index >= 15 is 0 Å². The van der Waals surface area contributed by atoms with Crippen LogP contribution in [0.5, 0.6) is 0 Å². The van der Waals surface area contributed by atoms with Crippen LogP contribution in [0.2, 0.25) is 0 Å². The second-order valence-corrected chi connectivity index (χ2v) is 4.03. The number of anilines is 1. The first-order valence-electron chi connectivity index (χ1n) is 5.80. The maximum atomic E-state index is 12.9. The van der Waals surface area contributed by atoms with Crippen LogP contribution in [-0.2, 0) is 11.2 Å². The molecule has 6 heteroatoms. The van der Waals surface area contributed by atoms with E-state index in [1.165, 1.54) is 12.1 Å². The summed E-state index contributed by atoms with van der Waals surface area (Å²) in [6.45, 7) is 0. The number of benzene rings is 1. The number of nitrogens with one attached hydrogen (secondary N) is 1. The smallest absolute Gasteiger partial charge is 0.307 e. The Balaban J connectivity index is 2.21. The zero-order valence-electron chi connectivity index (χ0n) is 10.3. The number of carboxylic acids is 1. The van der Waals surface area contributed by atoms with Crippen LogP contribution in [0, 0.1) is 5.95 Å². The number of aliphatic carboxylic acids is 1. The number of hydrogen-bond donors (Lipinski definition) is 2. The van der Waals surface area contributed by atoms with Gasteiger partial charge in [0.2, 0.25) is 5.95 Å². The summed E-state index contributed by atoms with van der Waals surface area (Å²) >= 11 is 0. The van der Waals surface area contributed by atoms with Crippen molar-refractivity contribution in [3.05, 3.63) is 59.7 Å². The number of carbonyl (C=O) groups excluding carboxylic acids is 1. The van der Waals surface area contributed by atoms with Gasteiger partial charge in [-0.3, -0.25) is 9.59 Å². The van der Waals surface area contributed by atoms with Crippen molar-refractivity contribution in [1.29, 1.82) is 0 Å². The van der Waals surface area contributed by atoms with Crippen molar-refractivity contribution in [2.45, 2.75) is 6.42 Å². The molecule has 0 bridgehead atoms. The Morgan fingerprint density at radius 3 is 2.60 bits per heavy atom. The molecule has 0 spiro atoms. The van der Waals surface area contributed by atoms with Crippen molar-refractivity contribution in [2.75, 3.05) is 5.32 Å². The van der Waals surface area contributed by atoms with Crippen molar-refractivity contribution in [1.82, 2.24) is 4.98 Å². The molecule has 0 aliphatic rings. The summed E-state index contributed by atoms with van der Waals surface area (Å²) in [5, 5.41) is 11.3. The standard InChI is InChI=1S/C14H11FN2O3/c15-12-7-3-6-11(16-12)14(20)17-10-5-2-1-4-9(10)8-13(18)19/h1-7H,8H2,(H,17,20)(H,18,19). The monoisotopic (exact) mass is 274 g/mol. The van der Waals surface area contributed by atoms with Gasteiger partial charge in [-0.25, -0.2) is 4.98 Å². The first-order chi connectivity index (χ1) is 9.56. The van der Waals surface area contributed by atoms with E-state index < -0.39 is 17.8 Å². The normalized spacial score (nSPS) is 10.1. The highest BCUT2D eigenvalue weighted by Crippen LogP contribution is 2.16. The molecule has 20 heavy (non-hydrogen) atoms. The molecule has 0 saturated carbocycles. The molecule has 1 aromatic carbocycles. The number of rotatable bonds is 4. The van der Waals surface area contributed by atoms with Crippen molar-refractivity contribution in [2.24, 2.45) is 0 Å². The third-order valence-corrected chi connectivity index (χ3v) is 2.55. The Labute approximate surface area is 114 Å². The zero-order chi connectivity index (χ0) is 14.5. The summed E-state index contributed by atoms with van der Waals surface area (Å²) in [5.41, 5.74) is 0.755. The highest BCUT2D eigenvalue weighted by atomic mass is 19.1. The molecule has 2 rings (SSSR count). The van der Waals surface area contributed by atoms with E-state index in [2.05, 4.69) is 10.3 Å². The number of halogens is 1. The minimum Gasteiger partial charge on any atom is -0.481 e. The number of para-hydroxylation sites is 1. The molecule has 1 amide bonds. The van der Waals surface area contributed by atoms with Gasteiger partial charge in [0.1, 0.15) is 5.69 Å². The SMILES string of the molecule is O=C(O)Cc1ccccc1NC(=O)c1cccc(F)n1. The lowest BCUT2D eigenvalue weighted by atomic mass is 10.1. The lowest BCUT2D eigenvalue weighted by Gasteiger charge is -2.09. The molecule has 0 unspecified atom stereocenters. The van der Waals surface area contributed by atoms with E-state index in [0.717, 1.165) is 6.07 Å². The molecular formula is C14H11FN2O3. The van der Waals surface area contributed by atoms with Gasteiger partial charge in [0.25, 0.3) is 5.91 Å². The fourth-order valence-electron chi connectivity index (χ4n) is 1.68. The van der Waals surface area contributed by atoms with Crippen LogP contribution in [0.15, 0.2) is 42.5 Å². The Bertz CT molecular complexity index is 658. The lowest BCUT2D eigenvalue weighted by Crippen LogP contribution is -2.16. The summed E-state index contributed by atoms with van der Waals surface area (Å²) in [4.78, 5) is 26.1. The van der Waals surface area contributed by atoms with Gasteiger partial charge in [-0.15, -0.1) is 0 Å². The average molecular weight is 274 g/mol. The third-order valence-electron chi connectivity index (χ3n) is 2.55. The molecule has 102 valence electrons. The van der Waals surface area contributed by atoms with Gasteiger partial charge in [-0.1, -0.05) is 24.3 Å². The molecule has 0 saturated heterocycles. The molecule has 0 atom stereocenters. The van der Waals surface area contributed by atoms with Gasteiger partial charge in [-0.05, 0) is 23.8 Å². The molecule has 0 aliphatic heterocycles. The lowest BCUT2D eigenvalue weighted by molar-refractivity contribution is -0.136. The number of amides is 1. The third kappa shape index (κ3) is 3.38. The molecular weight excluding hydrogens is 263 g/mol. The van der Waals surface area contributed by atoms with Crippen LogP contribution in [0.3, 0.4) is 0 Å². The second-order valence-electron chi connectivity index (χ2n) is 4.03. The fraction of sp³-hybridized carbons (Fsp3) is 0.0714. The summed E-state index contributed by atoms with van der Waals surface area (Å²) in [6, 6.07) is 10.4. The van der Waals surface area contributed by atoms with Gasteiger partial charge < -0.3 is 10.4 Å². The Morgan fingerprint density at radius 2 is 1.90 bits per heavy atom. The zero-order valence-corrected chi connectivity index (χ0v) is 10.3. The van der Waals surface area contributed by atoms with Crippen LogP contribution < -0.4 is 5.32 Å². The topological polar surface area (TPSA) is 79.3 Å². The minimum atomic E-state index is -1.00. The molecule has 0 radical (unpaired) electrons. The van der Waals surface area contributed by atoms with Crippen molar-refractivity contribution in [3.8, 4) is 0 Å². The van der Waals surface area contributed by atoms with E-state index in [1.807, 2.05) is 0 Å². The maximum absolute atomic E-state index is 12.9. The first-order valence-corrected chi connectivity index (χ1v) is 5.80. The first kappa shape index (κ1) is 13.7. The van der Waals surface area contributed by atoms with Gasteiger partial charge in [0.05, 0.1) is 6.42 Å². The highest BCUT2D eigenvalue weighted by Gasteiger charge is 2.12. The minimum absolute atomic E-state index is 0.0740. The molecule has 0 aliphatic carbocycles. The van der Waals surface area contributed by atoms with E-state index in [4.69, 9.17) is 5.11 Å². The van der Waals surface area contributed by atoms with Crippen LogP contribution in [0.25, 0.3) is 0 Å². The summed E-state index contributed by atoms with van der Waals surface area (Å²) in [7, 11) is 0. The number of carboxylic acid groups (broad SMARTS) is 1. The van der Waals surface area contributed by atoms with Crippen molar-refractivity contribution >= 4 is 17.6 Å². The molecule has 2 N–H and O–H groups in total. The maximum Gasteiger partial charge on any atom is 0.307 e. The van der Waals surface area contributed by atoms with Gasteiger partial charge >= 0.3 is 5.97 Å². The Kier molecular flexibility index (Phi) is 4.05. The van der Waals surface area contributed by atoms with Crippen LogP contribution in [0.1, 0.15) is 16.1 Å². The van der Waals surface area contributed by atoms with Crippen LogP contribution in [0.4, 0.5) is 10.1 Å². The van der Waals surface area contributed by atoms with E-state index in [9.17, 15) is 14.0 Å². The number of carbonyl (C=O) groups is 2. The van der Waals surface area contributed by atoms with Gasteiger partial charge in [0.15, 0.2) is 0 Å². The predicted molar refractivity (Wildman–Crippen MR) is 69.9 cm³/mol. The van der Waals surface area contributed by atoms with Crippen molar-refractivity contribution < 1.29 is 19.1 Å². The average Bonchev–Trinajstić information content (AvgIpc) is 2.40. The summed E-state index contributed by atoms with van der Waals surface area (Å²) < 4.78 is 12.9. The fourth-order valence-corrected chi connectivity index (χ4v) is 1.68. The number of pyridine rings is 1. The highest BCUT2D eigenvalue weighted by molar-refractivity contribution is 6.03. The van der Waals surface area contributed by atoms with Gasteiger partial charge in [0, 0.05) is 5.69 Å². The largest absolute Gasteiger partial charge is 0.481 e. The van der Waals surface area contributed by atoms with E-state index in [1.54, 1.807) is 24.3 Å². The predicted octanol–water partition coefficient (Wildman–Crippen LogP) is 2.10. The van der Waals surface area contributed by atoms with E-state index in [0.29, 0.717) is 11.3 Å². The summed E-state index contributed by atoms with van der Waals surface area (Å²) in [6.07, 6.45) is -0.215. The molecule has 5 nitrogen and oxygen atoms in total. The quantitative estimate of drug-likeness (QED) is 0.837. The molecule has 1 heterocycles. The number of nitrogens with zero attached hydrogens (tertiary/aromatic N) is 1. The molecule has 1 aromatic heterocycles. The number of aromatic nitrogens is 1. The number of hydrogen-bond acceptors (Lipinski definition) is 3. The molecule has 2 aromatic rings. The Hall–Kier alpha value is -2.76. The van der Waals surface area contributed by atoms with Crippen LogP contribution >= 0.6 is 0 Å². The van der Waals surface area contributed by atoms with Gasteiger partial charge in [-0.2, -0.15) is 4.39 Å². The second kappa shape index (κ2) is 5.92. The van der Waals surface area contributed by atoms with E-state index in [-0.39, 0.29) is 12.1 Å². The summed E-state index contributed by atoms with van der Waals surface area (Å²) in [5.74, 6) is -2.35. The van der Waals surface area contributed by atoms with Crippen molar-refractivity contribution in [3.63, 3.8) is 0 Å². The molecule has 0 fully saturated rings.